The molecule has 0 aromatic carbocycles. The first-order valence-corrected chi connectivity index (χ1v) is 14.4. The Bertz CT molecular complexity index is 961. The minimum Gasteiger partial charge on any atom is -0.370 e. The van der Waals surface area contributed by atoms with Crippen LogP contribution in [-0.2, 0) is 28.6 Å². The van der Waals surface area contributed by atoms with E-state index >= 15 is 0 Å². The molecule has 6 fully saturated rings. The molecule has 0 bridgehead atoms. The lowest BCUT2D eigenvalue weighted by molar-refractivity contribution is -0.220. The molecule has 5 aliphatic carbocycles. The fourth-order valence-corrected chi connectivity index (χ4v) is 11.5. The Hall–Kier alpha value is -1.11. The van der Waals surface area contributed by atoms with Gasteiger partial charge in [0, 0.05) is 17.9 Å². The molecule has 6 heteroatoms. The first kappa shape index (κ1) is 25.2. The van der Waals surface area contributed by atoms with Crippen LogP contribution in [-0.4, -0.2) is 50.1 Å². The highest BCUT2D eigenvalue weighted by molar-refractivity contribution is 5.93. The highest BCUT2D eigenvalue weighted by atomic mass is 16.7. The summed E-state index contributed by atoms with van der Waals surface area (Å²) in [6.07, 6.45) is 8.85. The van der Waals surface area contributed by atoms with Crippen molar-refractivity contribution in [2.45, 2.75) is 104 Å². The number of carbonyl (C=O) groups excluding carboxylic acids is 3. The molecule has 0 aromatic heterocycles. The topological polar surface area (TPSA) is 78.9 Å². The zero-order valence-corrected chi connectivity index (χ0v) is 22.7. The van der Waals surface area contributed by atoms with Crippen molar-refractivity contribution in [3.8, 4) is 0 Å². The smallest absolute Gasteiger partial charge is 0.215 e. The van der Waals surface area contributed by atoms with Crippen molar-refractivity contribution < 1.29 is 28.6 Å². The molecule has 0 N–H and O–H groups in total. The van der Waals surface area contributed by atoms with Crippen LogP contribution in [0.15, 0.2) is 0 Å². The molecule has 36 heavy (non-hydrogen) atoms. The van der Waals surface area contributed by atoms with Crippen LogP contribution >= 0.6 is 0 Å². The second kappa shape index (κ2) is 7.95. The second-order valence-electron chi connectivity index (χ2n) is 14.2. The first-order valence-electron chi connectivity index (χ1n) is 14.4. The molecule has 2 unspecified atom stereocenters. The summed E-state index contributed by atoms with van der Waals surface area (Å²) in [7, 11) is 0. The average Bonchev–Trinajstić information content (AvgIpc) is 3.48. The summed E-state index contributed by atoms with van der Waals surface area (Å²) in [5.41, 5.74) is 0.118. The molecule has 1 saturated heterocycles. The van der Waals surface area contributed by atoms with E-state index in [1.165, 1.54) is 12.8 Å². The Balaban J connectivity index is 1.30. The maximum atomic E-state index is 14.2. The van der Waals surface area contributed by atoms with Crippen LogP contribution in [0.3, 0.4) is 0 Å². The van der Waals surface area contributed by atoms with Crippen LogP contribution in [0.4, 0.5) is 0 Å². The number of carbonyl (C=O) groups is 3. The van der Waals surface area contributed by atoms with Crippen LogP contribution < -0.4 is 0 Å². The second-order valence-corrected chi connectivity index (χ2v) is 14.2. The van der Waals surface area contributed by atoms with E-state index in [9.17, 15) is 14.4 Å². The summed E-state index contributed by atoms with van der Waals surface area (Å²) in [5.74, 6) is 2.22. The maximum Gasteiger partial charge on any atom is 0.215 e. The van der Waals surface area contributed by atoms with Crippen molar-refractivity contribution in [1.29, 1.82) is 0 Å². The predicted molar refractivity (Wildman–Crippen MR) is 133 cm³/mol. The van der Waals surface area contributed by atoms with Crippen LogP contribution in [0.1, 0.15) is 86.0 Å². The molecule has 6 rings (SSSR count). The highest BCUT2D eigenvalue weighted by Crippen LogP contribution is 2.88. The van der Waals surface area contributed by atoms with E-state index in [2.05, 4.69) is 34.6 Å². The molecule has 1 heterocycles. The summed E-state index contributed by atoms with van der Waals surface area (Å²) in [6.45, 7) is 12.3. The largest absolute Gasteiger partial charge is 0.370 e. The summed E-state index contributed by atoms with van der Waals surface area (Å²) in [6, 6.07) is 0. The minimum absolute atomic E-state index is 0.0179. The van der Waals surface area contributed by atoms with Crippen LogP contribution in [0.25, 0.3) is 0 Å². The van der Waals surface area contributed by atoms with Gasteiger partial charge in [0.15, 0.2) is 12.1 Å². The van der Waals surface area contributed by atoms with Crippen molar-refractivity contribution >= 4 is 18.4 Å². The number of Topliss-reactive ketones (excluding diaryl/α,β-unsaturated/α-hetero) is 1. The molecule has 11 atom stereocenters. The minimum atomic E-state index is -0.992. The van der Waals surface area contributed by atoms with Crippen LogP contribution in [0, 0.1) is 50.7 Å². The first-order chi connectivity index (χ1) is 17.0. The Kier molecular flexibility index (Phi) is 5.56. The van der Waals surface area contributed by atoms with Gasteiger partial charge in [-0.05, 0) is 90.8 Å². The Morgan fingerprint density at radius 1 is 1.00 bits per heavy atom. The molecule has 2 spiro atoms. The van der Waals surface area contributed by atoms with E-state index < -0.39 is 6.29 Å². The third kappa shape index (κ3) is 2.82. The maximum absolute atomic E-state index is 14.2. The third-order valence-electron chi connectivity index (χ3n) is 13.2. The summed E-state index contributed by atoms with van der Waals surface area (Å²) < 4.78 is 17.7. The number of ether oxygens (including phenoxy) is 3. The van der Waals surface area contributed by atoms with Gasteiger partial charge in [0.1, 0.15) is 19.0 Å². The molecule has 1 aliphatic heterocycles. The van der Waals surface area contributed by atoms with Gasteiger partial charge in [-0.1, -0.05) is 34.6 Å². The van der Waals surface area contributed by atoms with E-state index in [1.807, 2.05) is 0 Å². The molecule has 200 valence electrons. The van der Waals surface area contributed by atoms with Crippen molar-refractivity contribution in [2.75, 3.05) is 13.2 Å². The van der Waals surface area contributed by atoms with Gasteiger partial charge in [0.2, 0.25) is 6.29 Å². The lowest BCUT2D eigenvalue weighted by Gasteiger charge is -2.62. The Morgan fingerprint density at radius 3 is 2.44 bits per heavy atom. The van der Waals surface area contributed by atoms with Gasteiger partial charge < -0.3 is 19.0 Å². The lowest BCUT2D eigenvalue weighted by Crippen LogP contribution is -2.59. The van der Waals surface area contributed by atoms with Crippen molar-refractivity contribution in [3.63, 3.8) is 0 Å². The molecule has 6 nitrogen and oxygen atoms in total. The van der Waals surface area contributed by atoms with Gasteiger partial charge in [-0.3, -0.25) is 9.59 Å². The van der Waals surface area contributed by atoms with Gasteiger partial charge in [-0.15, -0.1) is 0 Å². The molecule has 0 radical (unpaired) electrons. The van der Waals surface area contributed by atoms with E-state index in [-0.39, 0.29) is 45.9 Å². The van der Waals surface area contributed by atoms with E-state index in [4.69, 9.17) is 14.2 Å². The van der Waals surface area contributed by atoms with Crippen molar-refractivity contribution in [3.05, 3.63) is 0 Å². The van der Waals surface area contributed by atoms with Crippen molar-refractivity contribution in [1.82, 2.24) is 0 Å². The molecule has 0 aromatic rings. The van der Waals surface area contributed by atoms with Gasteiger partial charge in [-0.25, -0.2) is 0 Å². The Labute approximate surface area is 215 Å². The Morgan fingerprint density at radius 2 is 1.72 bits per heavy atom. The molecule has 5 saturated carbocycles. The summed E-state index contributed by atoms with van der Waals surface area (Å²) in [5, 5.41) is 0. The fourth-order valence-electron chi connectivity index (χ4n) is 11.5. The monoisotopic (exact) mass is 500 g/mol. The van der Waals surface area contributed by atoms with E-state index in [0.29, 0.717) is 42.0 Å². The number of rotatable bonds is 6. The number of hydrogen-bond acceptors (Lipinski definition) is 6. The van der Waals surface area contributed by atoms with Crippen molar-refractivity contribution in [2.24, 2.45) is 50.7 Å². The fraction of sp³-hybridized carbons (Fsp3) is 0.900. The number of hydrogen-bond donors (Lipinski definition) is 0. The summed E-state index contributed by atoms with van der Waals surface area (Å²) in [4.78, 5) is 36.5. The predicted octanol–water partition coefficient (Wildman–Crippen LogP) is 4.77. The normalized spacial score (nSPS) is 53.2. The zero-order valence-electron chi connectivity index (χ0n) is 22.7. The molecule has 6 aliphatic rings. The number of aldehydes is 2. The van der Waals surface area contributed by atoms with E-state index in [0.717, 1.165) is 45.1 Å². The number of ketones is 1. The molecular weight excluding hydrogens is 456 g/mol. The standard InChI is InChI=1S/C30H44O6/c1-18-9-14-35-24-23(18)27(4)11-12-30-17-29(30)10-8-21(36-22(16-32)34-15-13-31)26(2,3)19(29)6-7-20(30)28(27,5)25(24)33/h13,16,18-24H,6-12,14-15,17H2,1-5H3/t18-,19+,20-,21+,22+,23+,24?,27-,28-,29-,30?/m1/s1. The van der Waals surface area contributed by atoms with Gasteiger partial charge in [0.05, 0.1) is 6.10 Å². The van der Waals surface area contributed by atoms with Crippen LogP contribution in [0.2, 0.25) is 0 Å². The SMILES string of the molecule is C[C@@H]1CCOC2C(=O)[C@@]3(C)[C@H]4CC[C@H]5C(C)(C)[C@@H](O[C@@H](C=O)OCC=O)CC[C@@]56CC46CC[C@]3(C)[C@H]21. The highest BCUT2D eigenvalue weighted by Gasteiger charge is 2.84. The summed E-state index contributed by atoms with van der Waals surface area (Å²) >= 11 is 0. The lowest BCUT2D eigenvalue weighted by atomic mass is 9.41. The van der Waals surface area contributed by atoms with Gasteiger partial charge in [-0.2, -0.15) is 0 Å². The molecular formula is C30H44O6. The average molecular weight is 501 g/mol. The molecule has 0 amide bonds. The van der Waals surface area contributed by atoms with Gasteiger partial charge in [0.25, 0.3) is 0 Å². The number of fused-ring (bicyclic) bond motifs is 4. The quantitative estimate of drug-likeness (QED) is 0.386. The van der Waals surface area contributed by atoms with Gasteiger partial charge >= 0.3 is 0 Å². The van der Waals surface area contributed by atoms with E-state index in [1.54, 1.807) is 0 Å². The zero-order chi connectivity index (χ0) is 25.7. The van der Waals surface area contributed by atoms with Crippen LogP contribution in [0.5, 0.6) is 0 Å². The third-order valence-corrected chi connectivity index (χ3v) is 13.2.